The van der Waals surface area contributed by atoms with Crippen LogP contribution in [0.3, 0.4) is 0 Å². The lowest BCUT2D eigenvalue weighted by Crippen LogP contribution is -2.07. The van der Waals surface area contributed by atoms with E-state index in [0.29, 0.717) is 0 Å². The fraction of sp³-hybridized carbons (Fsp3) is 0. The van der Waals surface area contributed by atoms with Crippen LogP contribution in [0.2, 0.25) is 0 Å². The van der Waals surface area contributed by atoms with Crippen LogP contribution in [0, 0.1) is 7.11 Å². The monoisotopic (exact) mass is 90.0 g/mol. The molecule has 0 aromatic rings. The molecule has 1 radical (unpaired) electrons. The first-order valence-electron chi connectivity index (χ1n) is 0.986. The fourth-order valence-corrected chi connectivity index (χ4v) is 0. The largest absolute Gasteiger partial charge is 0.468 e. The SMILES string of the molecule is [CH2]OC(N)=S. The Bertz CT molecular complexity index is 44.9. The minimum absolute atomic E-state index is 0.0231. The molecule has 0 spiro atoms. The summed E-state index contributed by atoms with van der Waals surface area (Å²) in [6.45, 7) is 0. The van der Waals surface area contributed by atoms with Crippen LogP contribution in [0.1, 0.15) is 0 Å². The van der Waals surface area contributed by atoms with E-state index < -0.39 is 0 Å². The second-order valence-corrected chi connectivity index (χ2v) is 0.866. The maximum atomic E-state index is 4.74. The molecule has 0 aliphatic carbocycles. The summed E-state index contributed by atoms with van der Waals surface area (Å²) in [5.74, 6) is 0. The highest BCUT2D eigenvalue weighted by molar-refractivity contribution is 7.80. The maximum absolute atomic E-state index is 4.74. The number of rotatable bonds is 0. The molecule has 3 heteroatoms. The van der Waals surface area contributed by atoms with Crippen LogP contribution in [0.4, 0.5) is 0 Å². The van der Waals surface area contributed by atoms with E-state index in [-0.39, 0.29) is 5.17 Å². The zero-order valence-corrected chi connectivity index (χ0v) is 3.42. The second-order valence-electron chi connectivity index (χ2n) is 0.463. The number of nitrogens with two attached hydrogens (primary N) is 1. The van der Waals surface area contributed by atoms with E-state index in [1.165, 1.54) is 0 Å². The molecule has 29 valence electrons. The molecular formula is C2H4NOS. The topological polar surface area (TPSA) is 35.2 Å². The maximum Gasteiger partial charge on any atom is 0.254 e. The van der Waals surface area contributed by atoms with Crippen molar-refractivity contribution >= 4 is 17.4 Å². The summed E-state index contributed by atoms with van der Waals surface area (Å²) in [7, 11) is 2.92. The number of hydrogen-bond acceptors (Lipinski definition) is 2. The van der Waals surface area contributed by atoms with Gasteiger partial charge >= 0.3 is 0 Å². The molecular weight excluding hydrogens is 86.1 g/mol. The highest BCUT2D eigenvalue weighted by atomic mass is 32.1. The molecule has 0 saturated heterocycles. The predicted molar refractivity (Wildman–Crippen MR) is 23.2 cm³/mol. The van der Waals surface area contributed by atoms with Crippen LogP contribution in [-0.4, -0.2) is 5.17 Å². The zero-order valence-electron chi connectivity index (χ0n) is 2.60. The van der Waals surface area contributed by atoms with Gasteiger partial charge in [0.25, 0.3) is 5.17 Å². The Morgan fingerprint density at radius 1 is 2.00 bits per heavy atom. The molecule has 5 heavy (non-hydrogen) atoms. The van der Waals surface area contributed by atoms with Gasteiger partial charge in [-0.25, -0.2) is 0 Å². The molecule has 2 N–H and O–H groups in total. The Labute approximate surface area is 35.9 Å². The van der Waals surface area contributed by atoms with E-state index in [0.717, 1.165) is 0 Å². The van der Waals surface area contributed by atoms with E-state index in [1.54, 1.807) is 0 Å². The molecule has 0 heterocycles. The molecule has 0 rings (SSSR count). The first-order valence-corrected chi connectivity index (χ1v) is 1.39. The summed E-state index contributed by atoms with van der Waals surface area (Å²) in [5.41, 5.74) is 4.74. The van der Waals surface area contributed by atoms with Crippen molar-refractivity contribution in [3.05, 3.63) is 7.11 Å². The van der Waals surface area contributed by atoms with Crippen molar-refractivity contribution in [1.29, 1.82) is 0 Å². The van der Waals surface area contributed by atoms with Gasteiger partial charge in [-0.1, -0.05) is 0 Å². The quantitative estimate of drug-likeness (QED) is 0.426. The van der Waals surface area contributed by atoms with Gasteiger partial charge in [0.1, 0.15) is 7.11 Å². The summed E-state index contributed by atoms with van der Waals surface area (Å²) in [5, 5.41) is -0.0231. The molecule has 0 aliphatic rings. The summed E-state index contributed by atoms with van der Waals surface area (Å²) in [6.07, 6.45) is 0. The Balaban J connectivity index is 2.85. The molecule has 2 nitrogen and oxygen atoms in total. The van der Waals surface area contributed by atoms with E-state index in [1.807, 2.05) is 0 Å². The predicted octanol–water partition coefficient (Wildman–Crippen LogP) is 0.0382. The minimum Gasteiger partial charge on any atom is -0.468 e. The van der Waals surface area contributed by atoms with Crippen molar-refractivity contribution in [2.24, 2.45) is 5.73 Å². The smallest absolute Gasteiger partial charge is 0.254 e. The molecule has 0 amide bonds. The van der Waals surface area contributed by atoms with Gasteiger partial charge in [-0.05, 0) is 12.2 Å². The Morgan fingerprint density at radius 3 is 2.20 bits per heavy atom. The van der Waals surface area contributed by atoms with Crippen LogP contribution >= 0.6 is 12.2 Å². The summed E-state index contributed by atoms with van der Waals surface area (Å²) < 4.78 is 4.01. The van der Waals surface area contributed by atoms with Crippen LogP contribution in [0.15, 0.2) is 0 Å². The number of hydrogen-bond donors (Lipinski definition) is 1. The Hall–Kier alpha value is -0.310. The minimum atomic E-state index is -0.0231. The molecule has 0 aromatic carbocycles. The van der Waals surface area contributed by atoms with Crippen LogP contribution in [-0.2, 0) is 4.74 Å². The number of thiocarbonyl (C=S) groups is 1. The first kappa shape index (κ1) is 4.69. The lowest BCUT2D eigenvalue weighted by atomic mass is 11.3. The van der Waals surface area contributed by atoms with Crippen molar-refractivity contribution < 1.29 is 4.74 Å². The Morgan fingerprint density at radius 2 is 2.20 bits per heavy atom. The standard InChI is InChI=1S/C2H4NOS/c1-4-2(3)5/h1H2,(H2,3,5). The van der Waals surface area contributed by atoms with Gasteiger partial charge in [-0.2, -0.15) is 0 Å². The second kappa shape index (κ2) is 1.96. The van der Waals surface area contributed by atoms with Gasteiger partial charge < -0.3 is 10.5 Å². The molecule has 0 fully saturated rings. The molecule has 0 aromatic heterocycles. The van der Waals surface area contributed by atoms with Crippen LogP contribution in [0.5, 0.6) is 0 Å². The van der Waals surface area contributed by atoms with Crippen molar-refractivity contribution in [3.63, 3.8) is 0 Å². The Kier molecular flexibility index (Phi) is 1.84. The highest BCUT2D eigenvalue weighted by Gasteiger charge is 1.69. The third-order valence-electron chi connectivity index (χ3n) is 0.142. The third kappa shape index (κ3) is 3.69. The van der Waals surface area contributed by atoms with E-state index >= 15 is 0 Å². The van der Waals surface area contributed by atoms with Crippen molar-refractivity contribution in [2.75, 3.05) is 0 Å². The summed E-state index contributed by atoms with van der Waals surface area (Å²) in [4.78, 5) is 0. The third-order valence-corrected chi connectivity index (χ3v) is 0.260. The first-order chi connectivity index (χ1) is 2.27. The van der Waals surface area contributed by atoms with Gasteiger partial charge in [0.05, 0.1) is 0 Å². The molecule has 0 atom stereocenters. The van der Waals surface area contributed by atoms with Crippen LogP contribution < -0.4 is 5.73 Å². The van der Waals surface area contributed by atoms with Gasteiger partial charge in [0.2, 0.25) is 0 Å². The van der Waals surface area contributed by atoms with Gasteiger partial charge in [0, 0.05) is 0 Å². The van der Waals surface area contributed by atoms with Gasteiger partial charge in [-0.3, -0.25) is 0 Å². The molecule has 0 bridgehead atoms. The molecule has 0 unspecified atom stereocenters. The normalized spacial score (nSPS) is 6.60. The summed E-state index contributed by atoms with van der Waals surface area (Å²) in [6, 6.07) is 0. The lowest BCUT2D eigenvalue weighted by Gasteiger charge is -1.84. The van der Waals surface area contributed by atoms with Gasteiger partial charge in [-0.15, -0.1) is 0 Å². The van der Waals surface area contributed by atoms with E-state index in [2.05, 4.69) is 24.1 Å². The van der Waals surface area contributed by atoms with Crippen LogP contribution in [0.25, 0.3) is 0 Å². The lowest BCUT2D eigenvalue weighted by molar-refractivity contribution is 0.469. The average molecular weight is 90.1 g/mol. The average Bonchev–Trinajstić information content (AvgIpc) is 1.38. The number of ether oxygens (including phenoxy) is 1. The fourth-order valence-electron chi connectivity index (χ4n) is 0. The van der Waals surface area contributed by atoms with E-state index in [4.69, 9.17) is 5.73 Å². The van der Waals surface area contributed by atoms with Crippen molar-refractivity contribution in [3.8, 4) is 0 Å². The highest BCUT2D eigenvalue weighted by Crippen LogP contribution is 1.61. The van der Waals surface area contributed by atoms with Crippen molar-refractivity contribution in [1.82, 2.24) is 0 Å². The van der Waals surface area contributed by atoms with Gasteiger partial charge in [0.15, 0.2) is 0 Å². The zero-order chi connectivity index (χ0) is 4.28. The van der Waals surface area contributed by atoms with Crippen molar-refractivity contribution in [2.45, 2.75) is 0 Å². The molecule has 0 saturated carbocycles. The summed E-state index contributed by atoms with van der Waals surface area (Å²) >= 11 is 4.19. The van der Waals surface area contributed by atoms with E-state index in [9.17, 15) is 0 Å². The molecule has 0 aliphatic heterocycles.